The molecule has 0 spiro atoms. The highest BCUT2D eigenvalue weighted by molar-refractivity contribution is 5.83. The van der Waals surface area contributed by atoms with E-state index in [9.17, 15) is 14.0 Å². The zero-order valence-electron chi connectivity index (χ0n) is 8.95. The van der Waals surface area contributed by atoms with Gasteiger partial charge in [0.05, 0.1) is 0 Å². The molecule has 0 bridgehead atoms. The van der Waals surface area contributed by atoms with Crippen LogP contribution in [0.4, 0.5) is 4.39 Å². The predicted octanol–water partition coefficient (Wildman–Crippen LogP) is 1.40. The van der Waals surface area contributed by atoms with Gasteiger partial charge >= 0.3 is 5.97 Å². The maximum atomic E-state index is 13.0. The van der Waals surface area contributed by atoms with Gasteiger partial charge in [-0.1, -0.05) is 12.1 Å². The smallest absolute Gasteiger partial charge is 0.330 e. The minimum atomic E-state index is -1.18. The van der Waals surface area contributed by atoms with Crippen molar-refractivity contribution in [2.24, 2.45) is 0 Å². The number of aliphatic carboxylic acids is 1. The van der Waals surface area contributed by atoms with Gasteiger partial charge in [-0.25, -0.2) is 9.18 Å². The minimum absolute atomic E-state index is 0.342. The molecule has 0 saturated carbocycles. The Kier molecular flexibility index (Phi) is 3.60. The lowest BCUT2D eigenvalue weighted by molar-refractivity contribution is -0.141. The second kappa shape index (κ2) is 4.74. The molecule has 2 N–H and O–H groups in total. The van der Waals surface area contributed by atoms with Crippen LogP contribution in [-0.4, -0.2) is 17.0 Å². The molecule has 86 valence electrons. The minimum Gasteiger partial charge on any atom is -0.479 e. The van der Waals surface area contributed by atoms with E-state index >= 15 is 0 Å². The van der Waals surface area contributed by atoms with Crippen molar-refractivity contribution < 1.29 is 19.1 Å². The monoisotopic (exact) mass is 225 g/mol. The van der Waals surface area contributed by atoms with Gasteiger partial charge in [0, 0.05) is 6.92 Å². The molecule has 1 unspecified atom stereocenters. The number of hydrogen-bond donors (Lipinski definition) is 2. The first-order valence-corrected chi connectivity index (χ1v) is 4.67. The maximum Gasteiger partial charge on any atom is 0.330 e. The third kappa shape index (κ3) is 2.79. The van der Waals surface area contributed by atoms with E-state index in [0.717, 1.165) is 0 Å². The molecular formula is C11H12FNO3. The molecule has 0 aliphatic carbocycles. The van der Waals surface area contributed by atoms with Crippen molar-refractivity contribution in [2.75, 3.05) is 0 Å². The summed E-state index contributed by atoms with van der Waals surface area (Å²) in [6.07, 6.45) is 0. The van der Waals surface area contributed by atoms with Gasteiger partial charge in [0.2, 0.25) is 5.91 Å². The Balaban J connectivity index is 3.06. The van der Waals surface area contributed by atoms with Crippen LogP contribution in [0.2, 0.25) is 0 Å². The summed E-state index contributed by atoms with van der Waals surface area (Å²) in [7, 11) is 0. The number of halogens is 1. The van der Waals surface area contributed by atoms with Crippen molar-refractivity contribution in [3.05, 3.63) is 35.1 Å². The molecule has 0 radical (unpaired) electrons. The fourth-order valence-electron chi connectivity index (χ4n) is 1.34. The van der Waals surface area contributed by atoms with E-state index in [1.165, 1.54) is 32.0 Å². The standard InChI is InChI=1S/C11H12FNO3/c1-6-5-8(3-4-9(6)12)10(11(15)16)13-7(2)14/h3-5,10H,1-2H3,(H,13,14)(H,15,16). The number of hydrogen-bond acceptors (Lipinski definition) is 2. The van der Waals surface area contributed by atoms with Crippen LogP contribution in [0.15, 0.2) is 18.2 Å². The van der Waals surface area contributed by atoms with E-state index in [4.69, 9.17) is 5.11 Å². The first-order valence-electron chi connectivity index (χ1n) is 4.67. The van der Waals surface area contributed by atoms with Crippen LogP contribution in [0, 0.1) is 12.7 Å². The fourth-order valence-corrected chi connectivity index (χ4v) is 1.34. The molecule has 0 aromatic heterocycles. The molecule has 1 aromatic rings. The van der Waals surface area contributed by atoms with Crippen LogP contribution in [0.5, 0.6) is 0 Å². The Morgan fingerprint density at radius 2 is 2.06 bits per heavy atom. The normalized spacial score (nSPS) is 11.9. The third-order valence-corrected chi connectivity index (χ3v) is 2.11. The van der Waals surface area contributed by atoms with E-state index in [0.29, 0.717) is 11.1 Å². The summed E-state index contributed by atoms with van der Waals surface area (Å²) in [6.45, 7) is 2.76. The summed E-state index contributed by atoms with van der Waals surface area (Å²) >= 11 is 0. The van der Waals surface area contributed by atoms with E-state index in [-0.39, 0.29) is 0 Å². The zero-order valence-corrected chi connectivity index (χ0v) is 8.95. The number of benzene rings is 1. The summed E-state index contributed by atoms with van der Waals surface area (Å²) in [5, 5.41) is 11.2. The van der Waals surface area contributed by atoms with Gasteiger partial charge < -0.3 is 10.4 Å². The molecular weight excluding hydrogens is 213 g/mol. The van der Waals surface area contributed by atoms with Crippen LogP contribution in [0.3, 0.4) is 0 Å². The van der Waals surface area contributed by atoms with E-state index in [1.54, 1.807) is 0 Å². The van der Waals surface area contributed by atoms with Crippen molar-refractivity contribution in [1.82, 2.24) is 5.32 Å². The molecule has 1 rings (SSSR count). The molecule has 4 nitrogen and oxygen atoms in total. The lowest BCUT2D eigenvalue weighted by Crippen LogP contribution is -2.32. The van der Waals surface area contributed by atoms with Crippen molar-refractivity contribution in [3.63, 3.8) is 0 Å². The maximum absolute atomic E-state index is 13.0. The first-order chi connectivity index (χ1) is 7.41. The zero-order chi connectivity index (χ0) is 12.3. The highest BCUT2D eigenvalue weighted by Crippen LogP contribution is 2.17. The van der Waals surface area contributed by atoms with Gasteiger partial charge in [-0.3, -0.25) is 4.79 Å². The Bertz CT molecular complexity index is 431. The van der Waals surface area contributed by atoms with E-state index in [2.05, 4.69) is 5.32 Å². The molecule has 1 aromatic carbocycles. The average molecular weight is 225 g/mol. The van der Waals surface area contributed by atoms with Crippen LogP contribution in [0.1, 0.15) is 24.1 Å². The summed E-state index contributed by atoms with van der Waals surface area (Å²) in [4.78, 5) is 21.8. The molecule has 5 heteroatoms. The Morgan fingerprint density at radius 3 is 2.50 bits per heavy atom. The number of nitrogens with one attached hydrogen (secondary N) is 1. The lowest BCUT2D eigenvalue weighted by atomic mass is 10.0. The average Bonchev–Trinajstić information content (AvgIpc) is 2.18. The quantitative estimate of drug-likeness (QED) is 0.817. The fraction of sp³-hybridized carbons (Fsp3) is 0.273. The number of carbonyl (C=O) groups is 2. The molecule has 0 heterocycles. The van der Waals surface area contributed by atoms with Crippen LogP contribution in [0.25, 0.3) is 0 Å². The number of rotatable bonds is 3. The molecule has 1 atom stereocenters. The Hall–Kier alpha value is -1.91. The number of carbonyl (C=O) groups excluding carboxylic acids is 1. The molecule has 0 aliphatic rings. The lowest BCUT2D eigenvalue weighted by Gasteiger charge is -2.14. The van der Waals surface area contributed by atoms with Crippen molar-refractivity contribution in [1.29, 1.82) is 0 Å². The predicted molar refractivity (Wildman–Crippen MR) is 55.3 cm³/mol. The Morgan fingerprint density at radius 1 is 1.44 bits per heavy atom. The summed E-state index contributed by atoms with van der Waals surface area (Å²) in [5.41, 5.74) is 0.690. The molecule has 1 amide bonds. The number of carboxylic acid groups (broad SMARTS) is 1. The summed E-state index contributed by atoms with van der Waals surface area (Å²) in [5.74, 6) is -2.04. The molecule has 0 fully saturated rings. The van der Waals surface area contributed by atoms with Crippen LogP contribution >= 0.6 is 0 Å². The van der Waals surface area contributed by atoms with Gasteiger partial charge in [-0.15, -0.1) is 0 Å². The highest BCUT2D eigenvalue weighted by Gasteiger charge is 2.21. The van der Waals surface area contributed by atoms with Gasteiger partial charge in [0.15, 0.2) is 6.04 Å². The Labute approximate surface area is 92.1 Å². The topological polar surface area (TPSA) is 66.4 Å². The first kappa shape index (κ1) is 12.2. The van der Waals surface area contributed by atoms with Gasteiger partial charge in [-0.2, -0.15) is 0 Å². The molecule has 0 aliphatic heterocycles. The second-order valence-electron chi connectivity index (χ2n) is 3.48. The SMILES string of the molecule is CC(=O)NC(C(=O)O)c1ccc(F)c(C)c1. The van der Waals surface area contributed by atoms with Crippen molar-refractivity contribution in [2.45, 2.75) is 19.9 Å². The third-order valence-electron chi connectivity index (χ3n) is 2.11. The van der Waals surface area contributed by atoms with Crippen molar-refractivity contribution in [3.8, 4) is 0 Å². The largest absolute Gasteiger partial charge is 0.479 e. The number of aryl methyl sites for hydroxylation is 1. The van der Waals surface area contributed by atoms with Crippen LogP contribution < -0.4 is 5.32 Å². The van der Waals surface area contributed by atoms with Gasteiger partial charge in [0.25, 0.3) is 0 Å². The second-order valence-corrected chi connectivity index (χ2v) is 3.48. The van der Waals surface area contributed by atoms with E-state index in [1.807, 2.05) is 0 Å². The van der Waals surface area contributed by atoms with Gasteiger partial charge in [0.1, 0.15) is 5.82 Å². The van der Waals surface area contributed by atoms with Crippen molar-refractivity contribution >= 4 is 11.9 Å². The van der Waals surface area contributed by atoms with E-state index < -0.39 is 23.7 Å². The molecule has 16 heavy (non-hydrogen) atoms. The molecule has 0 saturated heterocycles. The summed E-state index contributed by atoms with van der Waals surface area (Å²) in [6, 6.07) is 2.79. The number of amides is 1. The summed E-state index contributed by atoms with van der Waals surface area (Å²) < 4.78 is 13.0. The number of carboxylic acids is 1. The highest BCUT2D eigenvalue weighted by atomic mass is 19.1. The van der Waals surface area contributed by atoms with Crippen LogP contribution in [-0.2, 0) is 9.59 Å². The van der Waals surface area contributed by atoms with Gasteiger partial charge in [-0.05, 0) is 24.1 Å².